The first-order valence-corrected chi connectivity index (χ1v) is 17.3. The molecule has 8 aromatic carbocycles. The molecule has 0 saturated carbocycles. The van der Waals surface area contributed by atoms with Crippen molar-refractivity contribution in [3.63, 3.8) is 0 Å². The average Bonchev–Trinajstić information content (AvgIpc) is 3.50. The number of rotatable bonds is 7. The zero-order valence-electron chi connectivity index (χ0n) is 27.6. The predicted molar refractivity (Wildman–Crippen MR) is 210 cm³/mol. The van der Waals surface area contributed by atoms with Gasteiger partial charge in [0, 0.05) is 11.4 Å². The Bertz CT molecular complexity index is 2320. The molecule has 0 unspecified atom stereocenters. The molecule has 1 aliphatic carbocycles. The molecule has 0 amide bonds. The molecule has 50 heavy (non-hydrogen) atoms. The number of hydrogen-bond acceptors (Lipinski definition) is 1. The van der Waals surface area contributed by atoms with E-state index in [1.165, 1.54) is 66.8 Å². The maximum atomic E-state index is 3.87. The zero-order chi connectivity index (χ0) is 33.3. The Hall–Kier alpha value is -6.44. The van der Waals surface area contributed by atoms with E-state index in [1.807, 2.05) is 0 Å². The normalized spacial score (nSPS) is 12.6. The van der Waals surface area contributed by atoms with Crippen LogP contribution in [0.2, 0.25) is 0 Å². The van der Waals surface area contributed by atoms with Crippen LogP contribution in [0.15, 0.2) is 206 Å². The van der Waals surface area contributed by atoms with Crippen LogP contribution in [-0.4, -0.2) is 0 Å². The first-order chi connectivity index (χ1) is 24.8. The quantitative estimate of drug-likeness (QED) is 0.183. The largest absolute Gasteiger partial charge is 0.355 e. The fraction of sp³-hybridized carbons (Fsp3) is 0.0204. The molecule has 0 saturated heterocycles. The summed E-state index contributed by atoms with van der Waals surface area (Å²) in [6.07, 6.45) is 0. The van der Waals surface area contributed by atoms with Crippen LogP contribution >= 0.6 is 0 Å². The Balaban J connectivity index is 1.27. The maximum Gasteiger partial charge on any atom is 0.0714 e. The van der Waals surface area contributed by atoms with Crippen LogP contribution in [0.4, 0.5) is 11.4 Å². The molecule has 0 atom stereocenters. The molecule has 1 N–H and O–H groups in total. The molecule has 0 heterocycles. The monoisotopic (exact) mass is 637 g/mol. The molecule has 1 aliphatic rings. The van der Waals surface area contributed by atoms with Gasteiger partial charge in [-0.25, -0.2) is 0 Å². The van der Waals surface area contributed by atoms with Gasteiger partial charge in [0.15, 0.2) is 0 Å². The van der Waals surface area contributed by atoms with Crippen molar-refractivity contribution >= 4 is 11.4 Å². The maximum absolute atomic E-state index is 3.87. The first kappa shape index (κ1) is 29.7. The molecule has 1 heteroatoms. The summed E-state index contributed by atoms with van der Waals surface area (Å²) < 4.78 is 0. The highest BCUT2D eigenvalue weighted by molar-refractivity contribution is 5.96. The van der Waals surface area contributed by atoms with Crippen molar-refractivity contribution in [3.05, 3.63) is 229 Å². The van der Waals surface area contributed by atoms with E-state index in [-0.39, 0.29) is 0 Å². The summed E-state index contributed by atoms with van der Waals surface area (Å²) in [5.41, 5.74) is 16.5. The Morgan fingerprint density at radius 3 is 1.34 bits per heavy atom. The second kappa shape index (κ2) is 12.5. The lowest BCUT2D eigenvalue weighted by Crippen LogP contribution is -2.28. The van der Waals surface area contributed by atoms with Crippen LogP contribution in [0.25, 0.3) is 44.5 Å². The number of anilines is 2. The van der Waals surface area contributed by atoms with Crippen LogP contribution < -0.4 is 5.32 Å². The third kappa shape index (κ3) is 5.03. The highest BCUT2D eigenvalue weighted by Gasteiger charge is 2.47. The van der Waals surface area contributed by atoms with Gasteiger partial charge in [-0.05, 0) is 97.1 Å². The molecule has 0 aliphatic heterocycles. The Labute approximate surface area is 294 Å². The summed E-state index contributed by atoms with van der Waals surface area (Å²) in [6, 6.07) is 74.7. The van der Waals surface area contributed by atoms with Crippen molar-refractivity contribution in [3.8, 4) is 44.5 Å². The predicted octanol–water partition coefficient (Wildman–Crippen LogP) is 12.8. The minimum atomic E-state index is -0.503. The Morgan fingerprint density at radius 1 is 0.300 bits per heavy atom. The average molecular weight is 638 g/mol. The topological polar surface area (TPSA) is 12.0 Å². The van der Waals surface area contributed by atoms with Crippen molar-refractivity contribution in [1.29, 1.82) is 0 Å². The fourth-order valence-electron chi connectivity index (χ4n) is 7.93. The Morgan fingerprint density at radius 2 is 0.800 bits per heavy atom. The van der Waals surface area contributed by atoms with Crippen LogP contribution in [0.3, 0.4) is 0 Å². The van der Waals surface area contributed by atoms with Crippen molar-refractivity contribution in [1.82, 2.24) is 0 Å². The third-order valence-corrected chi connectivity index (χ3v) is 10.1. The summed E-state index contributed by atoms with van der Waals surface area (Å²) in [7, 11) is 0. The molecule has 0 aromatic heterocycles. The minimum absolute atomic E-state index is 0.503. The SMILES string of the molecule is c1ccc(-c2cc(Nc3ccc4c(c3)C(c3ccccc3)(c3ccccc3)c3cccc(-c5ccccc5)c3-4)cc(-c3ccccc3)c2)cc1. The second-order valence-corrected chi connectivity index (χ2v) is 13.0. The third-order valence-electron chi connectivity index (χ3n) is 10.1. The number of hydrogen-bond donors (Lipinski definition) is 1. The molecule has 1 nitrogen and oxygen atoms in total. The number of nitrogens with one attached hydrogen (secondary N) is 1. The van der Waals surface area contributed by atoms with E-state index < -0.39 is 5.41 Å². The van der Waals surface area contributed by atoms with E-state index in [0.29, 0.717) is 0 Å². The van der Waals surface area contributed by atoms with Gasteiger partial charge in [-0.3, -0.25) is 0 Å². The first-order valence-electron chi connectivity index (χ1n) is 17.3. The van der Waals surface area contributed by atoms with Gasteiger partial charge in [0.05, 0.1) is 5.41 Å². The second-order valence-electron chi connectivity index (χ2n) is 13.0. The van der Waals surface area contributed by atoms with Crippen molar-refractivity contribution in [2.75, 3.05) is 5.32 Å². The molecule has 8 aromatic rings. The van der Waals surface area contributed by atoms with E-state index in [2.05, 4.69) is 212 Å². The Kier molecular flexibility index (Phi) is 7.44. The molecule has 0 fully saturated rings. The van der Waals surface area contributed by atoms with Gasteiger partial charge in [0.25, 0.3) is 0 Å². The van der Waals surface area contributed by atoms with Crippen molar-refractivity contribution in [2.45, 2.75) is 5.41 Å². The summed E-state index contributed by atoms with van der Waals surface area (Å²) in [4.78, 5) is 0. The van der Waals surface area contributed by atoms with E-state index in [1.54, 1.807) is 0 Å². The summed E-state index contributed by atoms with van der Waals surface area (Å²) in [6.45, 7) is 0. The van der Waals surface area contributed by atoms with Gasteiger partial charge in [-0.2, -0.15) is 0 Å². The lowest BCUT2D eigenvalue weighted by atomic mass is 9.67. The van der Waals surface area contributed by atoms with E-state index >= 15 is 0 Å². The summed E-state index contributed by atoms with van der Waals surface area (Å²) >= 11 is 0. The molecule has 0 bridgehead atoms. The summed E-state index contributed by atoms with van der Waals surface area (Å²) in [5, 5.41) is 3.87. The van der Waals surface area contributed by atoms with Gasteiger partial charge in [-0.1, -0.05) is 176 Å². The van der Waals surface area contributed by atoms with Gasteiger partial charge in [-0.15, -0.1) is 0 Å². The van der Waals surface area contributed by atoms with Crippen LogP contribution in [0.1, 0.15) is 22.3 Å². The molecule has 0 radical (unpaired) electrons. The standard InChI is InChI=1S/C49H35N/c1-6-17-35(18-7-1)38-31-39(36-19-8-2-9-20-36)33-43(32-38)50-42-29-30-45-47(34-42)49(40-23-12-4-13-24-40,41-25-14-5-15-26-41)46-28-16-27-44(48(45)46)37-21-10-3-11-22-37/h1-34,50H. The van der Waals surface area contributed by atoms with Crippen molar-refractivity contribution < 1.29 is 0 Å². The molecule has 236 valence electrons. The van der Waals surface area contributed by atoms with E-state index in [4.69, 9.17) is 0 Å². The lowest BCUT2D eigenvalue weighted by molar-refractivity contribution is 0.769. The number of fused-ring (bicyclic) bond motifs is 3. The highest BCUT2D eigenvalue weighted by atomic mass is 14.9. The lowest BCUT2D eigenvalue weighted by Gasteiger charge is -2.34. The summed E-state index contributed by atoms with van der Waals surface area (Å²) in [5.74, 6) is 0. The number of benzene rings is 8. The molecular formula is C49H35N. The van der Waals surface area contributed by atoms with Crippen molar-refractivity contribution in [2.24, 2.45) is 0 Å². The molecule has 9 rings (SSSR count). The van der Waals surface area contributed by atoms with Gasteiger partial charge >= 0.3 is 0 Å². The fourth-order valence-corrected chi connectivity index (χ4v) is 7.93. The van der Waals surface area contributed by atoms with Gasteiger partial charge < -0.3 is 5.32 Å². The van der Waals surface area contributed by atoms with Gasteiger partial charge in [0.1, 0.15) is 0 Å². The molecule has 0 spiro atoms. The van der Waals surface area contributed by atoms with Crippen LogP contribution in [0.5, 0.6) is 0 Å². The van der Waals surface area contributed by atoms with E-state index in [9.17, 15) is 0 Å². The zero-order valence-corrected chi connectivity index (χ0v) is 27.6. The molecular weight excluding hydrogens is 603 g/mol. The smallest absolute Gasteiger partial charge is 0.0714 e. The minimum Gasteiger partial charge on any atom is -0.355 e. The van der Waals surface area contributed by atoms with Crippen LogP contribution in [-0.2, 0) is 5.41 Å². The highest BCUT2D eigenvalue weighted by Crippen LogP contribution is 2.58. The van der Waals surface area contributed by atoms with E-state index in [0.717, 1.165) is 11.4 Å². The van der Waals surface area contributed by atoms with Crippen LogP contribution in [0, 0.1) is 0 Å². The van der Waals surface area contributed by atoms with Gasteiger partial charge in [0.2, 0.25) is 0 Å².